The van der Waals surface area contributed by atoms with E-state index in [2.05, 4.69) is 10.3 Å². The van der Waals surface area contributed by atoms with E-state index in [4.69, 9.17) is 27.6 Å². The molecule has 0 aliphatic rings. The van der Waals surface area contributed by atoms with Crippen LogP contribution in [0.25, 0.3) is 11.1 Å². The summed E-state index contributed by atoms with van der Waals surface area (Å²) in [6, 6.07) is 9.92. The van der Waals surface area contributed by atoms with Gasteiger partial charge in [-0.2, -0.15) is 0 Å². The van der Waals surface area contributed by atoms with Crippen molar-refractivity contribution >= 4 is 45.9 Å². The summed E-state index contributed by atoms with van der Waals surface area (Å²) in [7, 11) is 0. The Kier molecular flexibility index (Phi) is 3.34. The summed E-state index contributed by atoms with van der Waals surface area (Å²) in [5, 5.41) is 3.48. The fraction of sp³-hybridized carbons (Fsp3) is 0. The standard InChI is InChI=1S/C14H8Cl2N2O2/c15-9-4-3-8(6-10(9)16)18-14(19)13-7-11-12(20-13)2-1-5-17-11/h1-7H,(H,18,19). The lowest BCUT2D eigenvalue weighted by atomic mass is 10.3. The largest absolute Gasteiger partial charge is 0.449 e. The summed E-state index contributed by atoms with van der Waals surface area (Å²) in [5.74, 6) is -0.189. The third-order valence-corrected chi connectivity index (χ3v) is 3.43. The Morgan fingerprint density at radius 1 is 1.15 bits per heavy atom. The SMILES string of the molecule is O=C(Nc1ccc(Cl)c(Cl)c1)c1cc2ncccc2o1. The highest BCUT2D eigenvalue weighted by atomic mass is 35.5. The van der Waals surface area contributed by atoms with Gasteiger partial charge in [-0.05, 0) is 30.3 Å². The lowest BCUT2D eigenvalue weighted by molar-refractivity contribution is 0.0998. The Morgan fingerprint density at radius 2 is 2.00 bits per heavy atom. The predicted octanol–water partition coefficient (Wildman–Crippen LogP) is 4.39. The smallest absolute Gasteiger partial charge is 0.291 e. The number of amides is 1. The Morgan fingerprint density at radius 3 is 2.75 bits per heavy atom. The van der Waals surface area contributed by atoms with Gasteiger partial charge in [-0.15, -0.1) is 0 Å². The van der Waals surface area contributed by atoms with Gasteiger partial charge in [-0.25, -0.2) is 0 Å². The monoisotopic (exact) mass is 306 g/mol. The number of carbonyl (C=O) groups is 1. The van der Waals surface area contributed by atoms with Gasteiger partial charge in [0, 0.05) is 18.0 Å². The first kappa shape index (κ1) is 13.0. The number of carbonyl (C=O) groups excluding carboxylic acids is 1. The fourth-order valence-corrected chi connectivity index (χ4v) is 2.05. The molecule has 0 saturated heterocycles. The van der Waals surface area contributed by atoms with Crippen LogP contribution in [0.4, 0.5) is 5.69 Å². The molecule has 6 heteroatoms. The van der Waals surface area contributed by atoms with Crippen molar-refractivity contribution in [3.63, 3.8) is 0 Å². The van der Waals surface area contributed by atoms with Crippen LogP contribution in [-0.2, 0) is 0 Å². The average Bonchev–Trinajstić information content (AvgIpc) is 2.87. The summed E-state index contributed by atoms with van der Waals surface area (Å²) in [6.45, 7) is 0. The van der Waals surface area contributed by atoms with Crippen molar-refractivity contribution in [3.8, 4) is 0 Å². The number of halogens is 2. The van der Waals surface area contributed by atoms with E-state index >= 15 is 0 Å². The number of hydrogen-bond acceptors (Lipinski definition) is 3. The molecule has 0 aliphatic heterocycles. The second-order valence-corrected chi connectivity index (χ2v) is 4.89. The van der Waals surface area contributed by atoms with E-state index < -0.39 is 0 Å². The number of furan rings is 1. The first-order valence-electron chi connectivity index (χ1n) is 5.74. The van der Waals surface area contributed by atoms with E-state index in [-0.39, 0.29) is 11.7 Å². The third kappa shape index (κ3) is 2.48. The van der Waals surface area contributed by atoms with E-state index in [1.807, 2.05) is 0 Å². The lowest BCUT2D eigenvalue weighted by Crippen LogP contribution is -2.10. The van der Waals surface area contributed by atoms with Crippen LogP contribution in [0.5, 0.6) is 0 Å². The van der Waals surface area contributed by atoms with Crippen LogP contribution >= 0.6 is 23.2 Å². The number of anilines is 1. The van der Waals surface area contributed by atoms with Crippen LogP contribution in [0.1, 0.15) is 10.6 Å². The van der Waals surface area contributed by atoms with Crippen molar-refractivity contribution in [2.45, 2.75) is 0 Å². The molecule has 0 unspecified atom stereocenters. The molecule has 3 aromatic rings. The number of benzene rings is 1. The minimum absolute atomic E-state index is 0.185. The van der Waals surface area contributed by atoms with Crippen molar-refractivity contribution < 1.29 is 9.21 Å². The molecule has 1 aromatic carbocycles. The molecule has 20 heavy (non-hydrogen) atoms. The maximum atomic E-state index is 12.1. The topological polar surface area (TPSA) is 55.1 Å². The number of nitrogens with one attached hydrogen (secondary N) is 1. The van der Waals surface area contributed by atoms with E-state index in [9.17, 15) is 4.79 Å². The highest BCUT2D eigenvalue weighted by Crippen LogP contribution is 2.25. The Labute approximate surface area is 124 Å². The van der Waals surface area contributed by atoms with Crippen molar-refractivity contribution in [3.05, 3.63) is 58.4 Å². The van der Waals surface area contributed by atoms with E-state index in [1.54, 1.807) is 42.6 Å². The molecule has 4 nitrogen and oxygen atoms in total. The normalized spacial score (nSPS) is 10.7. The maximum Gasteiger partial charge on any atom is 0.291 e. The van der Waals surface area contributed by atoms with Crippen molar-refractivity contribution in [1.29, 1.82) is 0 Å². The molecule has 2 aromatic heterocycles. The Hall–Kier alpha value is -2.04. The second-order valence-electron chi connectivity index (χ2n) is 4.08. The summed E-state index contributed by atoms with van der Waals surface area (Å²) < 4.78 is 5.42. The average molecular weight is 307 g/mol. The second kappa shape index (κ2) is 5.15. The summed E-state index contributed by atoms with van der Waals surface area (Å²) in [5.41, 5.74) is 1.73. The first-order chi connectivity index (χ1) is 9.63. The molecule has 3 rings (SSSR count). The highest BCUT2D eigenvalue weighted by molar-refractivity contribution is 6.42. The zero-order chi connectivity index (χ0) is 14.1. The first-order valence-corrected chi connectivity index (χ1v) is 6.50. The number of hydrogen-bond donors (Lipinski definition) is 1. The van der Waals surface area contributed by atoms with Gasteiger partial charge in [0.1, 0.15) is 5.52 Å². The van der Waals surface area contributed by atoms with E-state index in [0.717, 1.165) is 0 Å². The van der Waals surface area contributed by atoms with Crippen LogP contribution in [0.2, 0.25) is 10.0 Å². The van der Waals surface area contributed by atoms with Gasteiger partial charge < -0.3 is 9.73 Å². The lowest BCUT2D eigenvalue weighted by Gasteiger charge is -2.04. The van der Waals surface area contributed by atoms with Gasteiger partial charge >= 0.3 is 0 Å². The van der Waals surface area contributed by atoms with Crippen LogP contribution in [-0.4, -0.2) is 10.9 Å². The number of fused-ring (bicyclic) bond motifs is 1. The van der Waals surface area contributed by atoms with Gasteiger partial charge in [0.25, 0.3) is 5.91 Å². The molecule has 0 aliphatic carbocycles. The number of nitrogens with zero attached hydrogens (tertiary/aromatic N) is 1. The maximum absolute atomic E-state index is 12.1. The van der Waals surface area contributed by atoms with Gasteiger partial charge in [0.2, 0.25) is 0 Å². The highest BCUT2D eigenvalue weighted by Gasteiger charge is 2.13. The van der Waals surface area contributed by atoms with Crippen molar-refractivity contribution in [2.24, 2.45) is 0 Å². The summed E-state index contributed by atoms with van der Waals surface area (Å²) >= 11 is 11.7. The predicted molar refractivity (Wildman–Crippen MR) is 78.4 cm³/mol. The molecule has 0 saturated carbocycles. The fourth-order valence-electron chi connectivity index (χ4n) is 1.75. The molecule has 0 spiro atoms. The van der Waals surface area contributed by atoms with Crippen molar-refractivity contribution in [2.75, 3.05) is 5.32 Å². The molecule has 1 N–H and O–H groups in total. The van der Waals surface area contributed by atoms with E-state index in [0.29, 0.717) is 26.8 Å². The van der Waals surface area contributed by atoms with E-state index in [1.165, 1.54) is 0 Å². The molecule has 1 amide bonds. The Balaban J connectivity index is 1.86. The zero-order valence-electron chi connectivity index (χ0n) is 10.1. The third-order valence-electron chi connectivity index (χ3n) is 2.69. The van der Waals surface area contributed by atoms with Crippen LogP contribution in [0.3, 0.4) is 0 Å². The number of aromatic nitrogens is 1. The molecule has 2 heterocycles. The molecular weight excluding hydrogens is 299 g/mol. The molecule has 0 bridgehead atoms. The summed E-state index contributed by atoms with van der Waals surface area (Å²) in [6.07, 6.45) is 1.64. The van der Waals surface area contributed by atoms with Gasteiger partial charge in [-0.3, -0.25) is 9.78 Å². The Bertz CT molecular complexity index is 766. The van der Waals surface area contributed by atoms with Gasteiger partial charge in [0.15, 0.2) is 11.3 Å². The van der Waals surface area contributed by atoms with Crippen LogP contribution in [0, 0.1) is 0 Å². The van der Waals surface area contributed by atoms with Gasteiger partial charge in [0.05, 0.1) is 10.0 Å². The zero-order valence-corrected chi connectivity index (χ0v) is 11.6. The summed E-state index contributed by atoms with van der Waals surface area (Å²) in [4.78, 5) is 16.2. The molecule has 100 valence electrons. The minimum Gasteiger partial charge on any atom is -0.449 e. The van der Waals surface area contributed by atoms with Crippen LogP contribution < -0.4 is 5.32 Å². The minimum atomic E-state index is -0.374. The quantitative estimate of drug-likeness (QED) is 0.764. The molecule has 0 atom stereocenters. The number of rotatable bonds is 2. The molecule has 0 fully saturated rings. The van der Waals surface area contributed by atoms with Crippen molar-refractivity contribution in [1.82, 2.24) is 4.98 Å². The van der Waals surface area contributed by atoms with Crippen LogP contribution in [0.15, 0.2) is 47.0 Å². The van der Waals surface area contributed by atoms with Gasteiger partial charge in [-0.1, -0.05) is 23.2 Å². The molecule has 0 radical (unpaired) electrons. The number of pyridine rings is 1. The molecular formula is C14H8Cl2N2O2.